The van der Waals surface area contributed by atoms with Gasteiger partial charge in [-0.15, -0.1) is 0 Å². The molecule has 0 saturated heterocycles. The van der Waals surface area contributed by atoms with Gasteiger partial charge in [0.25, 0.3) is 11.8 Å². The minimum atomic E-state index is -2.38. The van der Waals surface area contributed by atoms with E-state index >= 15 is 0 Å². The van der Waals surface area contributed by atoms with E-state index in [0.717, 1.165) is 207 Å². The summed E-state index contributed by atoms with van der Waals surface area (Å²) in [6, 6.07) is 0. The molecule has 0 nitrogen and oxygen atoms in total. The van der Waals surface area contributed by atoms with Crippen LogP contribution in [-0.4, -0.2) is 11.8 Å². The molecular weight excluding hydrogens is 1290 g/mol. The molecule has 16 rings (SSSR count). The highest BCUT2D eigenvalue weighted by Gasteiger charge is 2.76. The molecule has 16 saturated carbocycles. The summed E-state index contributed by atoms with van der Waals surface area (Å²) in [6.07, 6.45) is 23.1. The summed E-state index contributed by atoms with van der Waals surface area (Å²) in [4.78, 5) is 0. The van der Waals surface area contributed by atoms with Gasteiger partial charge >= 0.3 is 0 Å². The van der Waals surface area contributed by atoms with Crippen LogP contribution in [-0.2, 0) is 0 Å². The molecule has 16 aliphatic rings. The Morgan fingerprint density at radius 1 is 0.267 bits per heavy atom. The van der Waals surface area contributed by atoms with E-state index in [0.29, 0.717) is 40.4 Å². The number of hydrogen-bond donors (Lipinski definition) is 0. The van der Waals surface area contributed by atoms with Crippen LogP contribution in [0.5, 0.6) is 0 Å². The summed E-state index contributed by atoms with van der Waals surface area (Å²) in [6.45, 7) is 84.7. The molecule has 0 N–H and O–H groups in total. The van der Waals surface area contributed by atoms with Crippen molar-refractivity contribution in [2.45, 2.75) is 364 Å². The summed E-state index contributed by atoms with van der Waals surface area (Å²) in [7, 11) is 0. The van der Waals surface area contributed by atoms with Gasteiger partial charge in [-0.25, -0.2) is 17.6 Å². The number of halogens is 4. The van der Waals surface area contributed by atoms with Crippen LogP contribution < -0.4 is 0 Å². The average molecular weight is 1470 g/mol. The molecular formula is C101H182F4. The third kappa shape index (κ3) is 17.3. The Kier molecular flexibility index (Phi) is 27.4. The van der Waals surface area contributed by atoms with Gasteiger partial charge in [-0.05, 0) is 355 Å². The van der Waals surface area contributed by atoms with Gasteiger partial charge in [-0.1, -0.05) is 249 Å². The van der Waals surface area contributed by atoms with Crippen LogP contribution in [0.4, 0.5) is 17.6 Å². The van der Waals surface area contributed by atoms with E-state index in [1.165, 1.54) is 38.5 Å². The van der Waals surface area contributed by atoms with Crippen LogP contribution in [0.2, 0.25) is 0 Å². The van der Waals surface area contributed by atoms with Crippen molar-refractivity contribution >= 4 is 0 Å². The maximum absolute atomic E-state index is 13.9. The fraction of sp³-hybridized carbons (Fsp3) is 1.00. The van der Waals surface area contributed by atoms with Gasteiger partial charge in [0.05, 0.1) is 0 Å². The van der Waals surface area contributed by atoms with Gasteiger partial charge in [0, 0.05) is 23.7 Å². The SMILES string of the molecule is CC(C)C1C2CC2C(C)(C)C1C(C)C.CC(C)C1C2CC2C(F)(F)C1C(C)C.CC(C)C1CC2(CC2)CC1C(C)C.CC(C)C1CC2C(C1C(C)C)C2(C)C.CC(C)C1CC2C(C1C(C)C)C2(F)F.CC(C)C1CC2CC2C1C(C)C.CC(C)C1CCC2CC21C(C)C.CC(C)C1CCC2CC21C(C)C. The highest BCUT2D eigenvalue weighted by atomic mass is 19.3. The third-order valence-electron chi connectivity index (χ3n) is 36.7. The Balaban J connectivity index is 0.000000139. The topological polar surface area (TPSA) is 0 Å². The molecule has 28 atom stereocenters. The zero-order valence-corrected chi connectivity index (χ0v) is 76.6. The lowest BCUT2D eigenvalue weighted by atomic mass is 9.66. The lowest BCUT2D eigenvalue weighted by Crippen LogP contribution is -2.36. The normalized spacial score (nSPS) is 43.9. The van der Waals surface area contributed by atoms with Gasteiger partial charge in [0.2, 0.25) is 0 Å². The van der Waals surface area contributed by atoms with Crippen molar-refractivity contribution in [3.05, 3.63) is 0 Å². The number of alkyl halides is 4. The van der Waals surface area contributed by atoms with Crippen molar-refractivity contribution in [1.29, 1.82) is 0 Å². The number of hydrogen-bond acceptors (Lipinski definition) is 0. The monoisotopic (exact) mass is 1470 g/mol. The van der Waals surface area contributed by atoms with Gasteiger partial charge in [0.1, 0.15) is 0 Å². The second-order valence-corrected chi connectivity index (χ2v) is 48.4. The lowest BCUT2D eigenvalue weighted by Gasteiger charge is -2.39. The first-order chi connectivity index (χ1) is 48.3. The highest BCUT2D eigenvalue weighted by molar-refractivity contribution is 5.19. The highest BCUT2D eigenvalue weighted by Crippen LogP contribution is 2.77. The molecule has 4 heteroatoms. The van der Waals surface area contributed by atoms with Crippen LogP contribution in [0.3, 0.4) is 0 Å². The minimum Gasteiger partial charge on any atom is -0.206 e. The molecule has 0 aliphatic heterocycles. The Morgan fingerprint density at radius 3 is 0.943 bits per heavy atom. The summed E-state index contributed by atoms with van der Waals surface area (Å²) in [5.41, 5.74) is 3.75. The van der Waals surface area contributed by atoms with Crippen molar-refractivity contribution in [2.24, 2.45) is 276 Å². The molecule has 28 unspecified atom stereocenters. The van der Waals surface area contributed by atoms with E-state index in [2.05, 4.69) is 235 Å². The molecule has 0 bridgehead atoms. The van der Waals surface area contributed by atoms with Crippen molar-refractivity contribution < 1.29 is 17.6 Å². The lowest BCUT2D eigenvalue weighted by molar-refractivity contribution is -0.0925. The second-order valence-electron chi connectivity index (χ2n) is 48.4. The van der Waals surface area contributed by atoms with Crippen LogP contribution in [0.15, 0.2) is 0 Å². The Labute approximate surface area is 653 Å². The van der Waals surface area contributed by atoms with E-state index in [1.54, 1.807) is 51.4 Å². The number of fused-ring (bicyclic) bond motifs is 7. The predicted molar refractivity (Wildman–Crippen MR) is 447 cm³/mol. The van der Waals surface area contributed by atoms with Gasteiger partial charge < -0.3 is 0 Å². The fourth-order valence-electron chi connectivity index (χ4n) is 31.1. The maximum atomic E-state index is 13.9. The van der Waals surface area contributed by atoms with Gasteiger partial charge in [-0.3, -0.25) is 0 Å². The van der Waals surface area contributed by atoms with E-state index in [9.17, 15) is 17.6 Å². The molecule has 1 spiro atoms. The van der Waals surface area contributed by atoms with E-state index in [1.807, 2.05) is 13.8 Å². The van der Waals surface area contributed by atoms with Crippen LogP contribution in [0.1, 0.15) is 352 Å². The summed E-state index contributed by atoms with van der Waals surface area (Å²) >= 11 is 0. The summed E-state index contributed by atoms with van der Waals surface area (Å²) < 4.78 is 54.4. The zero-order valence-electron chi connectivity index (χ0n) is 76.6. The quantitative estimate of drug-likeness (QED) is 0.135. The number of rotatable bonds is 16. The van der Waals surface area contributed by atoms with E-state index < -0.39 is 11.8 Å². The average Bonchev–Trinajstić information content (AvgIpc) is 1.58. The smallest absolute Gasteiger partial charge is 0.206 e. The van der Waals surface area contributed by atoms with Crippen molar-refractivity contribution in [3.8, 4) is 0 Å². The largest absolute Gasteiger partial charge is 0.254 e. The molecule has 105 heavy (non-hydrogen) atoms. The first-order valence-electron chi connectivity index (χ1n) is 47.1. The molecule has 16 fully saturated rings. The Hall–Kier alpha value is -0.280. The first-order valence-corrected chi connectivity index (χ1v) is 47.1. The molecule has 0 aromatic rings. The standard InChI is InChI=1S/2C14H26.C13H24.2C12H20F2.3C12H22/c1-8(2)12-10-7-11(10)14(5,6)13(12)9(3)4;1-8(2)10-7-11-13(14(11,5)6)12(10)9(3)4;1-9(2)11-7-13(5-6-13)8-12(11)10(3)4;1-6(2)10-8-5-9(8)12(13,14)11(10)7(3)4;1-6(2)8-5-9-11(12(9,13)14)10(8)7(3)4;1-7(2)10-5-9-6-11(9)12(10)8(3)4;2*1-8(2)11-6-5-10-7-12(10,11)9(3)4/h2*8-13H,7H2,1-6H3;9-12H,5-8H2,1-4H3;2*6-11H,5H2,1-4H3;7-12H,5-6H2,1-4H3;2*8-11H,5-7H2,1-4H3. The van der Waals surface area contributed by atoms with Crippen molar-refractivity contribution in [1.82, 2.24) is 0 Å². The molecule has 0 heterocycles. The van der Waals surface area contributed by atoms with E-state index in [4.69, 9.17) is 0 Å². The molecule has 0 aromatic heterocycles. The first kappa shape index (κ1) is 88.7. The fourth-order valence-corrected chi connectivity index (χ4v) is 31.1. The molecule has 0 amide bonds. The predicted octanol–water partition coefficient (Wildman–Crippen LogP) is 31.1. The van der Waals surface area contributed by atoms with Gasteiger partial charge in [0.15, 0.2) is 0 Å². The molecule has 0 aromatic carbocycles. The summed E-state index contributed by atoms with van der Waals surface area (Å²) in [5, 5.41) is 0. The third-order valence-corrected chi connectivity index (χ3v) is 36.7. The van der Waals surface area contributed by atoms with Crippen LogP contribution in [0.25, 0.3) is 0 Å². The second kappa shape index (κ2) is 32.4. The van der Waals surface area contributed by atoms with Gasteiger partial charge in [-0.2, -0.15) is 0 Å². The molecule has 16 aliphatic carbocycles. The Bertz CT molecular complexity index is 2550. The van der Waals surface area contributed by atoms with Crippen LogP contribution >= 0.6 is 0 Å². The van der Waals surface area contributed by atoms with Crippen LogP contribution in [0, 0.1) is 276 Å². The van der Waals surface area contributed by atoms with Crippen molar-refractivity contribution in [3.63, 3.8) is 0 Å². The summed E-state index contributed by atoms with van der Waals surface area (Å²) in [5.74, 6) is 26.9. The minimum absolute atomic E-state index is 0.116. The zero-order chi connectivity index (χ0) is 79.1. The molecule has 0 radical (unpaired) electrons. The van der Waals surface area contributed by atoms with E-state index in [-0.39, 0.29) is 41.4 Å². The Morgan fingerprint density at radius 2 is 0.629 bits per heavy atom. The molecule has 614 valence electrons. The van der Waals surface area contributed by atoms with Crippen molar-refractivity contribution in [2.75, 3.05) is 0 Å². The maximum Gasteiger partial charge on any atom is 0.254 e.